The molecule has 0 spiro atoms. The minimum atomic E-state index is -3.67. The average molecular weight is 473 g/mol. The Morgan fingerprint density at radius 1 is 1.25 bits per heavy atom. The standard InChI is InChI=1S/C15H24FN3O3S.HI/c1-3-22-11-6-9-18-15(17-2)19-10-12-23(20,21)14-8-5-4-7-13(14)16;/h4-5,7-8H,3,6,9-12H2,1-2H3,(H2,17,18,19);1H. The largest absolute Gasteiger partial charge is 0.382 e. The van der Waals surface area contributed by atoms with Gasteiger partial charge in [0.2, 0.25) is 0 Å². The number of sulfone groups is 1. The van der Waals surface area contributed by atoms with Crippen molar-refractivity contribution < 1.29 is 17.5 Å². The van der Waals surface area contributed by atoms with Crippen molar-refractivity contribution in [2.45, 2.75) is 18.2 Å². The fourth-order valence-corrected chi connectivity index (χ4v) is 3.10. The zero-order valence-corrected chi connectivity index (χ0v) is 17.1. The highest BCUT2D eigenvalue weighted by atomic mass is 127. The molecule has 0 saturated heterocycles. The summed E-state index contributed by atoms with van der Waals surface area (Å²) in [5.74, 6) is -0.440. The van der Waals surface area contributed by atoms with Crippen molar-refractivity contribution in [3.63, 3.8) is 0 Å². The lowest BCUT2D eigenvalue weighted by atomic mass is 10.3. The van der Waals surface area contributed by atoms with Crippen LogP contribution in [0.4, 0.5) is 4.39 Å². The molecule has 0 atom stereocenters. The Kier molecular flexibility index (Phi) is 11.9. The van der Waals surface area contributed by atoms with Gasteiger partial charge in [-0.2, -0.15) is 0 Å². The molecule has 0 aliphatic rings. The molecule has 0 aliphatic carbocycles. The number of guanidine groups is 1. The van der Waals surface area contributed by atoms with Gasteiger partial charge < -0.3 is 15.4 Å². The molecular weight excluding hydrogens is 448 g/mol. The van der Waals surface area contributed by atoms with Crippen molar-refractivity contribution in [3.8, 4) is 0 Å². The summed E-state index contributed by atoms with van der Waals surface area (Å²) in [4.78, 5) is 3.72. The lowest BCUT2D eigenvalue weighted by Gasteiger charge is -2.12. The SMILES string of the molecule is CCOCCCNC(=NC)NCCS(=O)(=O)c1ccccc1F.I. The molecule has 2 N–H and O–H groups in total. The zero-order chi connectivity index (χ0) is 17.1. The van der Waals surface area contributed by atoms with Crippen LogP contribution in [-0.2, 0) is 14.6 Å². The van der Waals surface area contributed by atoms with Gasteiger partial charge in [0.15, 0.2) is 15.8 Å². The van der Waals surface area contributed by atoms with Gasteiger partial charge in [-0.1, -0.05) is 12.1 Å². The van der Waals surface area contributed by atoms with E-state index >= 15 is 0 Å². The van der Waals surface area contributed by atoms with Crippen molar-refractivity contribution >= 4 is 39.8 Å². The highest BCUT2D eigenvalue weighted by molar-refractivity contribution is 14.0. The molecule has 1 aromatic rings. The van der Waals surface area contributed by atoms with E-state index in [1.165, 1.54) is 18.2 Å². The molecule has 0 saturated carbocycles. The second-order valence-electron chi connectivity index (χ2n) is 4.73. The minimum Gasteiger partial charge on any atom is -0.382 e. The summed E-state index contributed by atoms with van der Waals surface area (Å²) in [6, 6.07) is 5.37. The molecule has 0 radical (unpaired) electrons. The molecule has 0 aliphatic heterocycles. The molecule has 138 valence electrons. The van der Waals surface area contributed by atoms with Crippen LogP contribution in [0.2, 0.25) is 0 Å². The summed E-state index contributed by atoms with van der Waals surface area (Å²) in [5, 5.41) is 5.96. The van der Waals surface area contributed by atoms with Gasteiger partial charge in [-0.25, -0.2) is 12.8 Å². The predicted octanol–water partition coefficient (Wildman–Crippen LogP) is 1.81. The van der Waals surface area contributed by atoms with Crippen molar-refractivity contribution in [2.75, 3.05) is 39.1 Å². The third-order valence-corrected chi connectivity index (χ3v) is 4.76. The highest BCUT2D eigenvalue weighted by Crippen LogP contribution is 2.14. The number of rotatable bonds is 9. The van der Waals surface area contributed by atoms with Crippen LogP contribution in [0, 0.1) is 5.82 Å². The van der Waals surface area contributed by atoms with E-state index in [1.807, 2.05) is 6.92 Å². The fraction of sp³-hybridized carbons (Fsp3) is 0.533. The predicted molar refractivity (Wildman–Crippen MR) is 104 cm³/mol. The summed E-state index contributed by atoms with van der Waals surface area (Å²) >= 11 is 0. The second kappa shape index (κ2) is 12.4. The van der Waals surface area contributed by atoms with Gasteiger partial charge in [0, 0.05) is 33.4 Å². The molecule has 1 rings (SSSR count). The Bertz CT molecular complexity index is 612. The van der Waals surface area contributed by atoms with Gasteiger partial charge in [0.1, 0.15) is 10.7 Å². The first-order valence-electron chi connectivity index (χ1n) is 7.50. The Balaban J connectivity index is 0.00000529. The van der Waals surface area contributed by atoms with E-state index in [2.05, 4.69) is 15.6 Å². The van der Waals surface area contributed by atoms with E-state index in [0.717, 1.165) is 12.5 Å². The van der Waals surface area contributed by atoms with Crippen molar-refractivity contribution in [3.05, 3.63) is 30.1 Å². The van der Waals surface area contributed by atoms with Crippen molar-refractivity contribution in [1.82, 2.24) is 10.6 Å². The summed E-state index contributed by atoms with van der Waals surface area (Å²) in [6.07, 6.45) is 0.821. The fourth-order valence-electron chi connectivity index (χ4n) is 1.86. The first-order chi connectivity index (χ1) is 11.0. The Labute approximate surface area is 160 Å². The van der Waals surface area contributed by atoms with Gasteiger partial charge >= 0.3 is 0 Å². The third kappa shape index (κ3) is 8.25. The quantitative estimate of drug-likeness (QED) is 0.248. The van der Waals surface area contributed by atoms with Gasteiger partial charge in [0.25, 0.3) is 0 Å². The van der Waals surface area contributed by atoms with E-state index in [1.54, 1.807) is 7.05 Å². The topological polar surface area (TPSA) is 79.8 Å². The van der Waals surface area contributed by atoms with Crippen LogP contribution in [0.3, 0.4) is 0 Å². The number of halogens is 2. The van der Waals surface area contributed by atoms with E-state index in [9.17, 15) is 12.8 Å². The number of benzene rings is 1. The second-order valence-corrected chi connectivity index (χ2v) is 6.80. The molecule has 0 unspecified atom stereocenters. The minimum absolute atomic E-state index is 0. The lowest BCUT2D eigenvalue weighted by molar-refractivity contribution is 0.145. The monoisotopic (exact) mass is 473 g/mol. The van der Waals surface area contributed by atoms with E-state index < -0.39 is 15.7 Å². The van der Waals surface area contributed by atoms with E-state index in [0.29, 0.717) is 25.7 Å². The maximum atomic E-state index is 13.6. The first-order valence-corrected chi connectivity index (χ1v) is 9.16. The molecule has 9 heteroatoms. The maximum absolute atomic E-state index is 13.6. The molecule has 0 amide bonds. The molecule has 0 bridgehead atoms. The van der Waals surface area contributed by atoms with Crippen molar-refractivity contribution in [2.24, 2.45) is 4.99 Å². The molecule has 24 heavy (non-hydrogen) atoms. The molecule has 0 fully saturated rings. The van der Waals surface area contributed by atoms with Crippen LogP contribution >= 0.6 is 24.0 Å². The summed E-state index contributed by atoms with van der Waals surface area (Å²) in [6.45, 7) is 4.08. The zero-order valence-electron chi connectivity index (χ0n) is 13.9. The maximum Gasteiger partial charge on any atom is 0.191 e. The summed E-state index contributed by atoms with van der Waals surface area (Å²) in [5.41, 5.74) is 0. The number of nitrogens with zero attached hydrogens (tertiary/aromatic N) is 1. The molecule has 1 aromatic carbocycles. The highest BCUT2D eigenvalue weighted by Gasteiger charge is 2.18. The van der Waals surface area contributed by atoms with Crippen LogP contribution in [0.15, 0.2) is 34.2 Å². The number of hydrogen-bond acceptors (Lipinski definition) is 4. The average Bonchev–Trinajstić information content (AvgIpc) is 2.53. The van der Waals surface area contributed by atoms with Crippen LogP contribution in [0.1, 0.15) is 13.3 Å². The summed E-state index contributed by atoms with van der Waals surface area (Å²) < 4.78 is 43.0. The first kappa shape index (κ1) is 23.1. The molecule has 6 nitrogen and oxygen atoms in total. The Morgan fingerprint density at radius 3 is 2.54 bits per heavy atom. The van der Waals surface area contributed by atoms with Crippen LogP contribution in [-0.4, -0.2) is 53.5 Å². The molecular formula is C15H25FIN3O3S. The number of ether oxygens (including phenoxy) is 1. The number of aliphatic imine (C=N–C) groups is 1. The molecule has 0 aromatic heterocycles. The normalized spacial score (nSPS) is 11.7. The van der Waals surface area contributed by atoms with Crippen LogP contribution in [0.5, 0.6) is 0 Å². The van der Waals surface area contributed by atoms with Crippen LogP contribution < -0.4 is 10.6 Å². The third-order valence-electron chi connectivity index (χ3n) is 3.02. The smallest absolute Gasteiger partial charge is 0.191 e. The number of nitrogens with one attached hydrogen (secondary N) is 2. The van der Waals surface area contributed by atoms with Crippen molar-refractivity contribution in [1.29, 1.82) is 0 Å². The van der Waals surface area contributed by atoms with Gasteiger partial charge in [0.05, 0.1) is 5.75 Å². The van der Waals surface area contributed by atoms with E-state index in [-0.39, 0.29) is 41.2 Å². The van der Waals surface area contributed by atoms with Gasteiger partial charge in [-0.05, 0) is 25.5 Å². The molecule has 0 heterocycles. The summed E-state index contributed by atoms with van der Waals surface area (Å²) in [7, 11) is -2.07. The van der Waals surface area contributed by atoms with Gasteiger partial charge in [-0.15, -0.1) is 24.0 Å². The van der Waals surface area contributed by atoms with Gasteiger partial charge in [-0.3, -0.25) is 4.99 Å². The Morgan fingerprint density at radius 2 is 1.92 bits per heavy atom. The number of hydrogen-bond donors (Lipinski definition) is 2. The Hall–Kier alpha value is -0.940. The van der Waals surface area contributed by atoms with E-state index in [4.69, 9.17) is 4.74 Å². The van der Waals surface area contributed by atoms with Crippen LogP contribution in [0.25, 0.3) is 0 Å². The lowest BCUT2D eigenvalue weighted by Crippen LogP contribution is -2.40.